The van der Waals surface area contributed by atoms with Gasteiger partial charge in [0.15, 0.2) is 11.5 Å². The number of benzene rings is 2. The maximum Gasteiger partial charge on any atom is 0.161 e. The average molecular weight is 390 g/mol. The van der Waals surface area contributed by atoms with Gasteiger partial charge in [-0.15, -0.1) is 0 Å². The van der Waals surface area contributed by atoms with E-state index >= 15 is 0 Å². The van der Waals surface area contributed by atoms with Gasteiger partial charge in [0, 0.05) is 36.7 Å². The summed E-state index contributed by atoms with van der Waals surface area (Å²) >= 11 is 0. The molecule has 4 aromatic rings. The van der Waals surface area contributed by atoms with Crippen molar-refractivity contribution in [3.8, 4) is 17.2 Å². The molecule has 0 saturated carbocycles. The molecule has 0 saturated heterocycles. The van der Waals surface area contributed by atoms with Crippen LogP contribution in [-0.4, -0.2) is 36.4 Å². The van der Waals surface area contributed by atoms with Crippen molar-refractivity contribution >= 4 is 21.7 Å². The Morgan fingerprint density at radius 3 is 2.34 bits per heavy atom. The molecule has 1 N–H and O–H groups in total. The summed E-state index contributed by atoms with van der Waals surface area (Å²) in [6.45, 7) is 0.406. The summed E-state index contributed by atoms with van der Waals surface area (Å²) in [5.41, 5.74) is 3.76. The van der Waals surface area contributed by atoms with Crippen molar-refractivity contribution in [2.75, 3.05) is 21.3 Å². The highest BCUT2D eigenvalue weighted by Crippen LogP contribution is 2.35. The van der Waals surface area contributed by atoms with E-state index in [-0.39, 0.29) is 5.75 Å². The maximum absolute atomic E-state index is 9.76. The van der Waals surface area contributed by atoms with Gasteiger partial charge in [-0.2, -0.15) is 0 Å². The molecule has 29 heavy (non-hydrogen) atoms. The predicted octanol–water partition coefficient (Wildman–Crippen LogP) is 4.24. The zero-order valence-corrected chi connectivity index (χ0v) is 16.6. The van der Waals surface area contributed by atoms with E-state index in [9.17, 15) is 5.11 Å². The molecular weight excluding hydrogens is 368 g/mol. The molecule has 6 nitrogen and oxygen atoms in total. The van der Waals surface area contributed by atoms with Crippen molar-refractivity contribution in [1.82, 2.24) is 9.97 Å². The molecule has 0 amide bonds. The number of hydrogen-bond donors (Lipinski definition) is 1. The molecule has 6 heteroatoms. The molecule has 0 fully saturated rings. The van der Waals surface area contributed by atoms with Gasteiger partial charge in [0.2, 0.25) is 0 Å². The summed E-state index contributed by atoms with van der Waals surface area (Å²) in [7, 11) is 4.89. The number of methoxy groups -OCH3 is 3. The number of aromatic nitrogens is 2. The molecule has 0 radical (unpaired) electrons. The van der Waals surface area contributed by atoms with Crippen LogP contribution >= 0.6 is 0 Å². The predicted molar refractivity (Wildman–Crippen MR) is 112 cm³/mol. The topological polar surface area (TPSA) is 73.7 Å². The number of ether oxygens (including phenoxy) is 3. The summed E-state index contributed by atoms with van der Waals surface area (Å²) in [4.78, 5) is 9.13. The van der Waals surface area contributed by atoms with Crippen molar-refractivity contribution in [3.05, 3.63) is 65.6 Å². The van der Waals surface area contributed by atoms with Crippen molar-refractivity contribution in [2.45, 2.75) is 13.0 Å². The third-order valence-electron chi connectivity index (χ3n) is 4.95. The number of fused-ring (bicyclic) bond motifs is 2. The van der Waals surface area contributed by atoms with E-state index in [4.69, 9.17) is 14.2 Å². The van der Waals surface area contributed by atoms with Crippen LogP contribution in [0, 0.1) is 0 Å². The fraction of sp³-hybridized carbons (Fsp3) is 0.217. The lowest BCUT2D eigenvalue weighted by Crippen LogP contribution is -2.00. The van der Waals surface area contributed by atoms with Crippen LogP contribution < -0.4 is 9.47 Å². The van der Waals surface area contributed by atoms with Gasteiger partial charge >= 0.3 is 0 Å². The number of phenols is 1. The second kappa shape index (κ2) is 7.93. The first-order chi connectivity index (χ1) is 14.1. The van der Waals surface area contributed by atoms with Crippen LogP contribution in [0.4, 0.5) is 0 Å². The number of aromatic hydroxyl groups is 1. The Morgan fingerprint density at radius 2 is 1.62 bits per heavy atom. The number of phenolic OH excluding ortho intramolecular Hbond substituents is 1. The van der Waals surface area contributed by atoms with Gasteiger partial charge in [-0.25, -0.2) is 0 Å². The lowest BCUT2D eigenvalue weighted by molar-refractivity contribution is 0.182. The Labute approximate surface area is 168 Å². The summed E-state index contributed by atoms with van der Waals surface area (Å²) in [5.74, 6) is 1.54. The summed E-state index contributed by atoms with van der Waals surface area (Å²) in [6, 6.07) is 11.1. The lowest BCUT2D eigenvalue weighted by Gasteiger charge is -2.14. The van der Waals surface area contributed by atoms with Gasteiger partial charge in [0.05, 0.1) is 32.0 Å². The second-order valence-electron chi connectivity index (χ2n) is 6.81. The van der Waals surface area contributed by atoms with Crippen LogP contribution in [-0.2, 0) is 17.8 Å². The smallest absolute Gasteiger partial charge is 0.161 e. The van der Waals surface area contributed by atoms with Crippen molar-refractivity contribution in [3.63, 3.8) is 0 Å². The Kier molecular flexibility index (Phi) is 5.18. The largest absolute Gasteiger partial charge is 0.508 e. The Morgan fingerprint density at radius 1 is 0.862 bits per heavy atom. The van der Waals surface area contributed by atoms with E-state index < -0.39 is 0 Å². The molecular formula is C23H22N2O4. The first-order valence-electron chi connectivity index (χ1n) is 9.22. The number of nitrogens with zero attached hydrogens (tertiary/aromatic N) is 2. The highest BCUT2D eigenvalue weighted by atomic mass is 16.5. The molecule has 148 valence electrons. The van der Waals surface area contributed by atoms with E-state index in [0.29, 0.717) is 24.5 Å². The van der Waals surface area contributed by atoms with E-state index in [1.807, 2.05) is 36.7 Å². The average Bonchev–Trinajstić information content (AvgIpc) is 2.74. The fourth-order valence-electron chi connectivity index (χ4n) is 3.55. The van der Waals surface area contributed by atoms with E-state index in [1.54, 1.807) is 33.5 Å². The lowest BCUT2D eigenvalue weighted by atomic mass is 9.98. The van der Waals surface area contributed by atoms with Crippen LogP contribution in [0.5, 0.6) is 17.2 Å². The van der Waals surface area contributed by atoms with Crippen LogP contribution in [0.25, 0.3) is 21.7 Å². The van der Waals surface area contributed by atoms with Crippen LogP contribution in [0.3, 0.4) is 0 Å². The molecule has 0 spiro atoms. The Bertz CT molecular complexity index is 1190. The van der Waals surface area contributed by atoms with Gasteiger partial charge in [0.1, 0.15) is 5.75 Å². The summed E-state index contributed by atoms with van der Waals surface area (Å²) in [5, 5.41) is 12.7. The minimum Gasteiger partial charge on any atom is -0.508 e. The first kappa shape index (κ1) is 19.0. The quantitative estimate of drug-likeness (QED) is 0.531. The van der Waals surface area contributed by atoms with Gasteiger partial charge in [-0.3, -0.25) is 9.97 Å². The zero-order valence-electron chi connectivity index (χ0n) is 16.6. The highest BCUT2D eigenvalue weighted by molar-refractivity contribution is 5.91. The highest BCUT2D eigenvalue weighted by Gasteiger charge is 2.14. The third kappa shape index (κ3) is 3.67. The van der Waals surface area contributed by atoms with Crippen molar-refractivity contribution in [1.29, 1.82) is 0 Å². The number of pyridine rings is 2. The maximum atomic E-state index is 9.76. The van der Waals surface area contributed by atoms with Crippen molar-refractivity contribution in [2.24, 2.45) is 0 Å². The number of hydrogen-bond acceptors (Lipinski definition) is 6. The monoisotopic (exact) mass is 390 g/mol. The molecule has 2 aromatic heterocycles. The van der Waals surface area contributed by atoms with Gasteiger partial charge in [0.25, 0.3) is 0 Å². The standard InChI is InChI=1S/C23H22N2O4/c1-27-13-21-19-10-23(29-3)22(28-2)9-18(19)16(12-25-21)7-14-6-15-8-17(26)4-5-20(15)24-11-14/h4-6,8-12,26H,7,13H2,1-3H3. The summed E-state index contributed by atoms with van der Waals surface area (Å²) < 4.78 is 16.3. The molecule has 2 aromatic carbocycles. The third-order valence-corrected chi connectivity index (χ3v) is 4.95. The SMILES string of the molecule is COCc1ncc(Cc2cnc3ccc(O)cc3c2)c2cc(OC)c(OC)cc12. The molecule has 0 bridgehead atoms. The van der Waals surface area contributed by atoms with Crippen LogP contribution in [0.15, 0.2) is 48.8 Å². The van der Waals surface area contributed by atoms with Crippen LogP contribution in [0.1, 0.15) is 16.8 Å². The molecule has 2 heterocycles. The normalized spacial score (nSPS) is 11.1. The summed E-state index contributed by atoms with van der Waals surface area (Å²) in [6.07, 6.45) is 4.37. The minimum atomic E-state index is 0.226. The Balaban J connectivity index is 1.83. The second-order valence-corrected chi connectivity index (χ2v) is 6.81. The van der Waals surface area contributed by atoms with Gasteiger partial charge in [-0.1, -0.05) is 0 Å². The van der Waals surface area contributed by atoms with Crippen LogP contribution in [0.2, 0.25) is 0 Å². The minimum absolute atomic E-state index is 0.226. The molecule has 4 rings (SSSR count). The molecule has 0 aliphatic heterocycles. The molecule has 0 atom stereocenters. The van der Waals surface area contributed by atoms with Crippen molar-refractivity contribution < 1.29 is 19.3 Å². The molecule has 0 aliphatic carbocycles. The zero-order chi connectivity index (χ0) is 20.4. The molecule has 0 unspecified atom stereocenters. The van der Waals surface area contributed by atoms with E-state index in [0.717, 1.165) is 38.5 Å². The fourth-order valence-corrected chi connectivity index (χ4v) is 3.55. The van der Waals surface area contributed by atoms with E-state index in [1.165, 1.54) is 0 Å². The first-order valence-corrected chi connectivity index (χ1v) is 9.22. The van der Waals surface area contributed by atoms with E-state index in [2.05, 4.69) is 9.97 Å². The molecule has 0 aliphatic rings. The Hall–Kier alpha value is -3.38. The van der Waals surface area contributed by atoms with Gasteiger partial charge < -0.3 is 19.3 Å². The number of rotatable bonds is 6. The van der Waals surface area contributed by atoms with Gasteiger partial charge in [-0.05, 0) is 52.9 Å².